The summed E-state index contributed by atoms with van der Waals surface area (Å²) in [5, 5.41) is 3.05. The topological polar surface area (TPSA) is 84.1 Å². The number of methoxy groups -OCH3 is 1. The number of benzene rings is 1. The number of anilines is 1. The number of nitrogens with one attached hydrogen (secondary N) is 2. The first kappa shape index (κ1) is 15.1. The lowest BCUT2D eigenvalue weighted by atomic mass is 10.2. The van der Waals surface area contributed by atoms with Crippen LogP contribution in [0.1, 0.15) is 21.9 Å². The van der Waals surface area contributed by atoms with Gasteiger partial charge in [0.15, 0.2) is 0 Å². The summed E-state index contributed by atoms with van der Waals surface area (Å²) in [6, 6.07) is 4.81. The predicted octanol–water partition coefficient (Wildman–Crippen LogP) is 2.30. The molecule has 1 amide bonds. The van der Waals surface area contributed by atoms with E-state index in [4.69, 9.17) is 16.3 Å². The van der Waals surface area contributed by atoms with Gasteiger partial charge in [0, 0.05) is 5.02 Å². The fourth-order valence-corrected chi connectivity index (χ4v) is 2.13. The molecule has 0 aliphatic rings. The molecule has 0 aliphatic heterocycles. The average Bonchev–Trinajstić information content (AvgIpc) is 2.37. The monoisotopic (exact) mass is 307 g/mol. The lowest BCUT2D eigenvalue weighted by Crippen LogP contribution is -2.26. The molecule has 0 spiro atoms. The van der Waals surface area contributed by atoms with Gasteiger partial charge in [0.25, 0.3) is 11.5 Å². The number of aryl methyl sites for hydroxylation is 2. The van der Waals surface area contributed by atoms with Crippen LogP contribution in [0.5, 0.6) is 5.75 Å². The number of H-pyrrole nitrogens is 1. The molecule has 0 atom stereocenters. The average molecular weight is 308 g/mol. The first-order valence-corrected chi connectivity index (χ1v) is 6.52. The van der Waals surface area contributed by atoms with Crippen molar-refractivity contribution < 1.29 is 9.53 Å². The Morgan fingerprint density at radius 1 is 1.38 bits per heavy atom. The van der Waals surface area contributed by atoms with Gasteiger partial charge in [0.05, 0.1) is 18.5 Å². The number of hydrogen-bond donors (Lipinski definition) is 2. The van der Waals surface area contributed by atoms with Crippen molar-refractivity contribution in [3.8, 4) is 5.75 Å². The van der Waals surface area contributed by atoms with Gasteiger partial charge in [-0.1, -0.05) is 11.6 Å². The first-order valence-electron chi connectivity index (χ1n) is 6.14. The smallest absolute Gasteiger partial charge is 0.264 e. The van der Waals surface area contributed by atoms with Crippen LogP contribution in [0.15, 0.2) is 23.0 Å². The number of aromatic nitrogens is 2. The van der Waals surface area contributed by atoms with Gasteiger partial charge in [-0.15, -0.1) is 0 Å². The lowest BCUT2D eigenvalue weighted by molar-refractivity contribution is 0.102. The molecule has 0 saturated carbocycles. The van der Waals surface area contributed by atoms with Gasteiger partial charge >= 0.3 is 0 Å². The van der Waals surface area contributed by atoms with E-state index in [9.17, 15) is 9.59 Å². The SMILES string of the molecule is COc1ccc(Cl)cc1NC(=O)c1c(C)nc(C)[nH]c1=O. The molecule has 1 heterocycles. The Kier molecular flexibility index (Phi) is 4.28. The van der Waals surface area contributed by atoms with Crippen LogP contribution in [-0.2, 0) is 0 Å². The van der Waals surface area contributed by atoms with Crippen LogP contribution in [0.4, 0.5) is 5.69 Å². The van der Waals surface area contributed by atoms with Crippen molar-refractivity contribution in [3.63, 3.8) is 0 Å². The minimum Gasteiger partial charge on any atom is -0.495 e. The summed E-state index contributed by atoms with van der Waals surface area (Å²) >= 11 is 5.90. The number of amides is 1. The van der Waals surface area contributed by atoms with E-state index in [-0.39, 0.29) is 5.56 Å². The molecule has 0 bridgehead atoms. The van der Waals surface area contributed by atoms with Crippen LogP contribution in [0.2, 0.25) is 5.02 Å². The maximum atomic E-state index is 12.3. The zero-order valence-corrected chi connectivity index (χ0v) is 12.5. The highest BCUT2D eigenvalue weighted by atomic mass is 35.5. The third-order valence-electron chi connectivity index (χ3n) is 2.86. The van der Waals surface area contributed by atoms with E-state index in [2.05, 4.69) is 15.3 Å². The van der Waals surface area contributed by atoms with Crippen molar-refractivity contribution in [3.05, 3.63) is 50.7 Å². The summed E-state index contributed by atoms with van der Waals surface area (Å²) in [5.41, 5.74) is 0.213. The Balaban J connectivity index is 2.39. The van der Waals surface area contributed by atoms with E-state index in [1.165, 1.54) is 7.11 Å². The fraction of sp³-hybridized carbons (Fsp3) is 0.214. The van der Waals surface area contributed by atoms with Crippen molar-refractivity contribution in [1.82, 2.24) is 9.97 Å². The number of hydrogen-bond acceptors (Lipinski definition) is 4. The highest BCUT2D eigenvalue weighted by Gasteiger charge is 2.17. The molecule has 0 radical (unpaired) electrons. The Morgan fingerprint density at radius 3 is 2.71 bits per heavy atom. The molecule has 0 saturated heterocycles. The van der Waals surface area contributed by atoms with Crippen LogP contribution in [0.25, 0.3) is 0 Å². The van der Waals surface area contributed by atoms with Crippen LogP contribution in [0, 0.1) is 13.8 Å². The lowest BCUT2D eigenvalue weighted by Gasteiger charge is -2.11. The third-order valence-corrected chi connectivity index (χ3v) is 3.09. The van der Waals surface area contributed by atoms with E-state index < -0.39 is 11.5 Å². The van der Waals surface area contributed by atoms with E-state index in [1.807, 2.05) is 0 Å². The van der Waals surface area contributed by atoms with E-state index in [0.29, 0.717) is 28.0 Å². The first-order chi connectivity index (χ1) is 9.92. The number of ether oxygens (including phenoxy) is 1. The minimum absolute atomic E-state index is 0.0392. The van der Waals surface area contributed by atoms with Crippen LogP contribution in [0.3, 0.4) is 0 Å². The Hall–Kier alpha value is -2.34. The second-order valence-corrected chi connectivity index (χ2v) is 4.85. The highest BCUT2D eigenvalue weighted by Crippen LogP contribution is 2.27. The molecule has 110 valence electrons. The Labute approximate surface area is 126 Å². The molecule has 2 rings (SSSR count). The van der Waals surface area contributed by atoms with Gasteiger partial charge in [0.2, 0.25) is 0 Å². The van der Waals surface area contributed by atoms with Crippen LogP contribution >= 0.6 is 11.6 Å². The molecule has 1 aromatic carbocycles. The predicted molar refractivity (Wildman–Crippen MR) is 80.3 cm³/mol. The Morgan fingerprint density at radius 2 is 2.10 bits per heavy atom. The third kappa shape index (κ3) is 3.22. The molecule has 6 nitrogen and oxygen atoms in total. The molecule has 0 unspecified atom stereocenters. The number of aromatic amines is 1. The summed E-state index contributed by atoms with van der Waals surface area (Å²) in [5.74, 6) is 0.332. The zero-order valence-electron chi connectivity index (χ0n) is 11.8. The largest absolute Gasteiger partial charge is 0.495 e. The van der Waals surface area contributed by atoms with Crippen molar-refractivity contribution in [1.29, 1.82) is 0 Å². The number of carbonyl (C=O) groups is 1. The second-order valence-electron chi connectivity index (χ2n) is 4.41. The summed E-state index contributed by atoms with van der Waals surface area (Å²) < 4.78 is 5.14. The summed E-state index contributed by atoms with van der Waals surface area (Å²) in [6.45, 7) is 3.25. The molecule has 2 aromatic rings. The van der Waals surface area contributed by atoms with E-state index in [0.717, 1.165) is 0 Å². The number of carbonyl (C=O) groups excluding carboxylic acids is 1. The van der Waals surface area contributed by atoms with Gasteiger partial charge in [0.1, 0.15) is 17.1 Å². The minimum atomic E-state index is -0.568. The van der Waals surface area contributed by atoms with E-state index in [1.54, 1.807) is 32.0 Å². The Bertz CT molecular complexity index is 756. The van der Waals surface area contributed by atoms with Crippen molar-refractivity contribution in [2.75, 3.05) is 12.4 Å². The molecular weight excluding hydrogens is 294 g/mol. The van der Waals surface area contributed by atoms with Crippen LogP contribution in [-0.4, -0.2) is 23.0 Å². The molecule has 7 heteroatoms. The number of halogens is 1. The van der Waals surface area contributed by atoms with Gasteiger partial charge in [-0.2, -0.15) is 0 Å². The van der Waals surface area contributed by atoms with Crippen molar-refractivity contribution >= 4 is 23.2 Å². The molecule has 0 fully saturated rings. The summed E-state index contributed by atoms with van der Waals surface area (Å²) in [7, 11) is 1.48. The molecule has 2 N–H and O–H groups in total. The molecule has 1 aromatic heterocycles. The van der Waals surface area contributed by atoms with Gasteiger partial charge < -0.3 is 15.0 Å². The normalized spacial score (nSPS) is 10.3. The second kappa shape index (κ2) is 5.97. The maximum Gasteiger partial charge on any atom is 0.264 e. The highest BCUT2D eigenvalue weighted by molar-refractivity contribution is 6.31. The molecule has 0 aliphatic carbocycles. The van der Waals surface area contributed by atoms with Gasteiger partial charge in [-0.05, 0) is 32.0 Å². The fourth-order valence-electron chi connectivity index (χ4n) is 1.96. The number of rotatable bonds is 3. The van der Waals surface area contributed by atoms with Crippen LogP contribution < -0.4 is 15.6 Å². The quantitative estimate of drug-likeness (QED) is 0.911. The summed E-state index contributed by atoms with van der Waals surface area (Å²) in [4.78, 5) is 30.8. The zero-order chi connectivity index (χ0) is 15.6. The summed E-state index contributed by atoms with van der Waals surface area (Å²) in [6.07, 6.45) is 0. The standard InChI is InChI=1S/C14H14ClN3O3/c1-7-12(13(19)17-8(2)16-7)14(20)18-10-6-9(15)4-5-11(10)21-3/h4-6H,1-3H3,(H,18,20)(H,16,17,19). The van der Waals surface area contributed by atoms with Crippen molar-refractivity contribution in [2.45, 2.75) is 13.8 Å². The van der Waals surface area contributed by atoms with Crippen molar-refractivity contribution in [2.24, 2.45) is 0 Å². The molecular formula is C14H14ClN3O3. The maximum absolute atomic E-state index is 12.3. The van der Waals surface area contributed by atoms with Gasteiger partial charge in [-0.3, -0.25) is 9.59 Å². The van der Waals surface area contributed by atoms with Gasteiger partial charge in [-0.25, -0.2) is 4.98 Å². The number of nitrogens with zero attached hydrogens (tertiary/aromatic N) is 1. The van der Waals surface area contributed by atoms with E-state index >= 15 is 0 Å². The molecule has 21 heavy (non-hydrogen) atoms.